The van der Waals surface area contributed by atoms with Gasteiger partial charge in [-0.1, -0.05) is 30.3 Å². The molecule has 1 aromatic heterocycles. The Morgan fingerprint density at radius 2 is 1.69 bits per heavy atom. The molecule has 0 radical (unpaired) electrons. The predicted octanol–water partition coefficient (Wildman–Crippen LogP) is 4.76. The SMILES string of the molecule is O=C(CC1c2ccccc2CCN1S(=O)(=O)c1cccs1)OCC(=O)C12CC3CC(CC(C3)C1)C2. The summed E-state index contributed by atoms with van der Waals surface area (Å²) in [4.78, 5) is 26.3. The van der Waals surface area contributed by atoms with Crippen molar-refractivity contribution in [2.75, 3.05) is 13.2 Å². The van der Waals surface area contributed by atoms with Crippen molar-refractivity contribution >= 4 is 33.1 Å². The van der Waals surface area contributed by atoms with Crippen LogP contribution in [0.5, 0.6) is 0 Å². The van der Waals surface area contributed by atoms with Crippen LogP contribution in [-0.4, -0.2) is 37.6 Å². The Hall–Kier alpha value is -2.03. The smallest absolute Gasteiger partial charge is 0.308 e. The maximum Gasteiger partial charge on any atom is 0.308 e. The minimum atomic E-state index is -3.74. The third-order valence-corrected chi connectivity index (χ3v) is 12.1. The topological polar surface area (TPSA) is 80.8 Å². The first-order chi connectivity index (χ1) is 16.8. The molecule has 4 aliphatic carbocycles. The second-order valence-corrected chi connectivity index (χ2v) is 14.1. The van der Waals surface area contributed by atoms with E-state index in [0.29, 0.717) is 30.7 Å². The molecule has 1 atom stereocenters. The van der Waals surface area contributed by atoms with E-state index in [0.717, 1.165) is 30.4 Å². The number of nitrogens with zero attached hydrogens (tertiary/aromatic N) is 1. The number of ether oxygens (including phenoxy) is 1. The van der Waals surface area contributed by atoms with Gasteiger partial charge in [-0.05, 0) is 85.3 Å². The second kappa shape index (κ2) is 8.82. The lowest BCUT2D eigenvalue weighted by molar-refractivity contribution is -0.158. The Kier molecular flexibility index (Phi) is 5.89. The largest absolute Gasteiger partial charge is 0.458 e. The molecule has 0 saturated heterocycles. The molecule has 0 N–H and O–H groups in total. The normalized spacial score (nSPS) is 31.8. The van der Waals surface area contributed by atoms with Crippen LogP contribution in [0.15, 0.2) is 46.0 Å². The number of hydrogen-bond donors (Lipinski definition) is 0. The molecule has 7 rings (SSSR count). The van der Waals surface area contributed by atoms with Crippen molar-refractivity contribution in [3.05, 3.63) is 52.9 Å². The third-order valence-electron chi connectivity index (χ3n) is 8.78. The van der Waals surface area contributed by atoms with Crippen molar-refractivity contribution < 1.29 is 22.7 Å². The number of esters is 1. The van der Waals surface area contributed by atoms with Crippen LogP contribution in [0.4, 0.5) is 0 Å². The average Bonchev–Trinajstić information content (AvgIpc) is 3.38. The molecule has 186 valence electrons. The standard InChI is InChI=1S/C27H31NO5S2/c29-24(27-14-18-10-19(15-27)12-20(11-18)16-27)17-33-25(30)13-23-22-5-2-1-4-21(22)7-8-28(23)35(31,32)26-6-3-9-34-26/h1-6,9,18-20,23H,7-8,10-17H2. The van der Waals surface area contributed by atoms with Gasteiger partial charge in [0.05, 0.1) is 12.5 Å². The summed E-state index contributed by atoms with van der Waals surface area (Å²) in [6.45, 7) is 0.110. The molecule has 4 saturated carbocycles. The summed E-state index contributed by atoms with van der Waals surface area (Å²) in [5.74, 6) is 1.50. The number of carbonyl (C=O) groups excluding carboxylic acids is 2. The van der Waals surface area contributed by atoms with Gasteiger partial charge in [0.1, 0.15) is 4.21 Å². The number of sulfonamides is 1. The fourth-order valence-corrected chi connectivity index (χ4v) is 10.3. The highest BCUT2D eigenvalue weighted by Gasteiger charge is 2.54. The first-order valence-electron chi connectivity index (χ1n) is 12.7. The van der Waals surface area contributed by atoms with Gasteiger partial charge >= 0.3 is 5.97 Å². The van der Waals surface area contributed by atoms with E-state index in [9.17, 15) is 18.0 Å². The molecule has 0 amide bonds. The van der Waals surface area contributed by atoms with E-state index in [2.05, 4.69) is 0 Å². The van der Waals surface area contributed by atoms with Gasteiger partial charge in [0.2, 0.25) is 0 Å². The van der Waals surface area contributed by atoms with Crippen molar-refractivity contribution in [3.8, 4) is 0 Å². The van der Waals surface area contributed by atoms with E-state index < -0.39 is 22.0 Å². The molecule has 1 aromatic carbocycles. The number of thiophene rings is 1. The average molecular weight is 514 g/mol. The van der Waals surface area contributed by atoms with Crippen LogP contribution in [0, 0.1) is 23.2 Å². The molecule has 0 spiro atoms. The van der Waals surface area contributed by atoms with Crippen LogP contribution in [-0.2, 0) is 30.8 Å². The Labute approximate surface area is 210 Å². The van der Waals surface area contributed by atoms with E-state index in [-0.39, 0.29) is 28.4 Å². The molecule has 5 aliphatic rings. The van der Waals surface area contributed by atoms with E-state index in [1.54, 1.807) is 17.5 Å². The number of fused-ring (bicyclic) bond motifs is 1. The Morgan fingerprint density at radius 1 is 1.00 bits per heavy atom. The van der Waals surface area contributed by atoms with Gasteiger partial charge in [0.25, 0.3) is 10.0 Å². The lowest BCUT2D eigenvalue weighted by atomic mass is 9.48. The van der Waals surface area contributed by atoms with E-state index in [4.69, 9.17) is 4.74 Å². The summed E-state index contributed by atoms with van der Waals surface area (Å²) in [6, 6.07) is 10.4. The van der Waals surface area contributed by atoms with Crippen molar-refractivity contribution in [2.45, 2.75) is 61.6 Å². The molecule has 8 heteroatoms. The van der Waals surface area contributed by atoms with Crippen molar-refractivity contribution in [1.29, 1.82) is 0 Å². The highest BCUT2D eigenvalue weighted by Crippen LogP contribution is 2.60. The van der Waals surface area contributed by atoms with Crippen LogP contribution >= 0.6 is 11.3 Å². The molecule has 1 aliphatic heterocycles. The summed E-state index contributed by atoms with van der Waals surface area (Å²) < 4.78 is 34.1. The van der Waals surface area contributed by atoms with Gasteiger partial charge in [0.15, 0.2) is 12.4 Å². The Morgan fingerprint density at radius 3 is 2.34 bits per heavy atom. The molecular weight excluding hydrogens is 482 g/mol. The van der Waals surface area contributed by atoms with Crippen LogP contribution in [0.3, 0.4) is 0 Å². The molecule has 6 nitrogen and oxygen atoms in total. The molecule has 2 aromatic rings. The summed E-state index contributed by atoms with van der Waals surface area (Å²) >= 11 is 1.18. The van der Waals surface area contributed by atoms with Crippen molar-refractivity contribution in [3.63, 3.8) is 0 Å². The van der Waals surface area contributed by atoms with Gasteiger partial charge in [-0.15, -0.1) is 11.3 Å². The Bertz CT molecular complexity index is 1200. The molecular formula is C27H31NO5S2. The third kappa shape index (κ3) is 4.17. The highest BCUT2D eigenvalue weighted by atomic mass is 32.2. The minimum Gasteiger partial charge on any atom is -0.458 e. The summed E-state index contributed by atoms with van der Waals surface area (Å²) in [7, 11) is -3.74. The second-order valence-electron chi connectivity index (χ2n) is 11.0. The number of benzene rings is 1. The monoisotopic (exact) mass is 513 g/mol. The van der Waals surface area contributed by atoms with Crippen LogP contribution < -0.4 is 0 Å². The summed E-state index contributed by atoms with van der Waals surface area (Å²) in [6.07, 6.45) is 7.08. The summed E-state index contributed by atoms with van der Waals surface area (Å²) in [5.41, 5.74) is 1.58. The van der Waals surface area contributed by atoms with Crippen molar-refractivity contribution in [2.24, 2.45) is 23.2 Å². The number of hydrogen-bond acceptors (Lipinski definition) is 6. The fraction of sp³-hybridized carbons (Fsp3) is 0.556. The van der Waals surface area contributed by atoms with Crippen LogP contribution in [0.25, 0.3) is 0 Å². The maximum absolute atomic E-state index is 13.4. The zero-order valence-electron chi connectivity index (χ0n) is 19.7. The zero-order valence-corrected chi connectivity index (χ0v) is 21.4. The fourth-order valence-electron chi connectivity index (χ4n) is 7.62. The van der Waals surface area contributed by atoms with E-state index in [1.807, 2.05) is 24.3 Å². The maximum atomic E-state index is 13.4. The number of rotatable bonds is 7. The predicted molar refractivity (Wildman–Crippen MR) is 132 cm³/mol. The lowest BCUT2D eigenvalue weighted by Crippen LogP contribution is -2.51. The van der Waals surface area contributed by atoms with Crippen LogP contribution in [0.1, 0.15) is 62.1 Å². The number of carbonyl (C=O) groups is 2. The van der Waals surface area contributed by atoms with Gasteiger partial charge in [-0.3, -0.25) is 9.59 Å². The lowest BCUT2D eigenvalue weighted by Gasteiger charge is -2.55. The van der Waals surface area contributed by atoms with Crippen molar-refractivity contribution in [1.82, 2.24) is 4.31 Å². The number of ketones is 1. The van der Waals surface area contributed by atoms with Gasteiger partial charge in [-0.2, -0.15) is 4.31 Å². The molecule has 4 bridgehead atoms. The zero-order chi connectivity index (χ0) is 24.2. The van der Waals surface area contributed by atoms with Crippen LogP contribution in [0.2, 0.25) is 0 Å². The highest BCUT2D eigenvalue weighted by molar-refractivity contribution is 7.91. The van der Waals surface area contributed by atoms with E-state index >= 15 is 0 Å². The first-order valence-corrected chi connectivity index (χ1v) is 15.0. The molecule has 4 fully saturated rings. The molecule has 2 heterocycles. The van der Waals surface area contributed by atoms with E-state index in [1.165, 1.54) is 34.9 Å². The first kappa shape index (κ1) is 23.4. The quantitative estimate of drug-likeness (QED) is 0.499. The minimum absolute atomic E-state index is 0.0667. The Balaban J connectivity index is 1.18. The van der Waals surface area contributed by atoms with Gasteiger partial charge in [0, 0.05) is 12.0 Å². The summed E-state index contributed by atoms with van der Waals surface area (Å²) in [5, 5.41) is 1.74. The van der Waals surface area contributed by atoms with Gasteiger partial charge < -0.3 is 4.74 Å². The molecule has 1 unspecified atom stereocenters. The number of Topliss-reactive ketones (excluding diaryl/α,β-unsaturated/α-hetero) is 1. The van der Waals surface area contributed by atoms with Gasteiger partial charge in [-0.25, -0.2) is 8.42 Å². The molecule has 35 heavy (non-hydrogen) atoms.